The molecule has 1 fully saturated rings. The first-order valence-electron chi connectivity index (χ1n) is 10.9. The van der Waals surface area contributed by atoms with Crippen molar-refractivity contribution >= 4 is 11.4 Å². The highest BCUT2D eigenvalue weighted by Gasteiger charge is 2.25. The molecule has 1 aliphatic rings. The molecule has 0 atom stereocenters. The summed E-state index contributed by atoms with van der Waals surface area (Å²) >= 11 is 0. The molecule has 0 bridgehead atoms. The van der Waals surface area contributed by atoms with Crippen LogP contribution < -0.4 is 14.4 Å². The van der Waals surface area contributed by atoms with Crippen molar-refractivity contribution < 1.29 is 9.47 Å². The standard InChI is InChI=1S/C26H30N4O2/c1-19-5-8-22(9-11-27-26(16-28-19)21-10-12-29(2)18-21)30(17-20-6-7-20)23-13-24(31-3)15-25(14-23)32-4/h5,8-16,18,20H,6-7,17H2,1-4H3. The first-order chi connectivity index (χ1) is 15.6. The van der Waals surface area contributed by atoms with Gasteiger partial charge >= 0.3 is 0 Å². The SMILES string of the molecule is COc1cc(OC)cc(N(CC2CC2)c2ccnc(-c3ccn(C)c3)cnc(C)cc2)c1. The van der Waals surface area contributed by atoms with E-state index in [1.54, 1.807) is 14.2 Å². The van der Waals surface area contributed by atoms with Gasteiger partial charge in [-0.1, -0.05) is 0 Å². The third-order valence-corrected chi connectivity index (χ3v) is 5.57. The second-order valence-corrected chi connectivity index (χ2v) is 8.18. The summed E-state index contributed by atoms with van der Waals surface area (Å²) < 4.78 is 13.0. The molecule has 2 aromatic heterocycles. The predicted molar refractivity (Wildman–Crippen MR) is 128 cm³/mol. The van der Waals surface area contributed by atoms with E-state index in [1.165, 1.54) is 12.8 Å². The number of hydrogen-bond donors (Lipinski definition) is 0. The number of aryl methyl sites for hydroxylation is 2. The van der Waals surface area contributed by atoms with Gasteiger partial charge in [0.15, 0.2) is 0 Å². The maximum absolute atomic E-state index is 5.52. The molecule has 1 saturated carbocycles. The fourth-order valence-electron chi connectivity index (χ4n) is 3.55. The maximum Gasteiger partial charge on any atom is 0.124 e. The zero-order chi connectivity index (χ0) is 22.5. The Kier molecular flexibility index (Phi) is 6.59. The largest absolute Gasteiger partial charge is 0.497 e. The van der Waals surface area contributed by atoms with Gasteiger partial charge in [-0.3, -0.25) is 9.97 Å². The Morgan fingerprint density at radius 2 is 1.72 bits per heavy atom. The van der Waals surface area contributed by atoms with Gasteiger partial charge in [0, 0.05) is 73.0 Å². The van der Waals surface area contributed by atoms with Gasteiger partial charge in [-0.2, -0.15) is 0 Å². The molecule has 32 heavy (non-hydrogen) atoms. The van der Waals surface area contributed by atoms with Crippen LogP contribution in [0.1, 0.15) is 18.5 Å². The van der Waals surface area contributed by atoms with Crippen molar-refractivity contribution in [3.8, 4) is 22.8 Å². The molecule has 1 aliphatic carbocycles. The average Bonchev–Trinajstić information content (AvgIpc) is 3.53. The zero-order valence-electron chi connectivity index (χ0n) is 19.2. The van der Waals surface area contributed by atoms with Crippen LogP contribution in [0.4, 0.5) is 11.4 Å². The van der Waals surface area contributed by atoms with Crippen LogP contribution in [0.5, 0.6) is 11.5 Å². The molecule has 0 amide bonds. The summed E-state index contributed by atoms with van der Waals surface area (Å²) in [5, 5.41) is 0. The Morgan fingerprint density at radius 3 is 2.34 bits per heavy atom. The Balaban J connectivity index is 1.81. The third kappa shape index (κ3) is 5.38. The van der Waals surface area contributed by atoms with Gasteiger partial charge in [0.2, 0.25) is 0 Å². The van der Waals surface area contributed by atoms with Crippen LogP contribution in [0.25, 0.3) is 11.3 Å². The van der Waals surface area contributed by atoms with E-state index in [9.17, 15) is 0 Å². The van der Waals surface area contributed by atoms with Crippen LogP contribution >= 0.6 is 0 Å². The lowest BCUT2D eigenvalue weighted by molar-refractivity contribution is 0.394. The molecule has 0 N–H and O–H groups in total. The first kappa shape index (κ1) is 21.7. The number of anilines is 2. The van der Waals surface area contributed by atoms with Crippen molar-refractivity contribution in [3.05, 3.63) is 72.9 Å². The lowest BCUT2D eigenvalue weighted by Crippen LogP contribution is -2.19. The maximum atomic E-state index is 5.52. The van der Waals surface area contributed by atoms with E-state index >= 15 is 0 Å². The van der Waals surface area contributed by atoms with Gasteiger partial charge in [0.05, 0.1) is 26.1 Å². The molecule has 3 aromatic rings. The Morgan fingerprint density at radius 1 is 0.969 bits per heavy atom. The predicted octanol–water partition coefficient (Wildman–Crippen LogP) is 5.48. The lowest BCUT2D eigenvalue weighted by Gasteiger charge is -2.25. The molecule has 0 saturated heterocycles. The highest BCUT2D eigenvalue weighted by molar-refractivity contribution is 5.66. The van der Waals surface area contributed by atoms with Crippen LogP contribution in [0.15, 0.2) is 67.3 Å². The quantitative estimate of drug-likeness (QED) is 0.497. The third-order valence-electron chi connectivity index (χ3n) is 5.57. The van der Waals surface area contributed by atoms with E-state index in [2.05, 4.69) is 22.0 Å². The molecule has 1 aromatic carbocycles. The monoisotopic (exact) mass is 430 g/mol. The van der Waals surface area contributed by atoms with E-state index in [0.717, 1.165) is 46.4 Å². The van der Waals surface area contributed by atoms with Crippen molar-refractivity contribution in [3.63, 3.8) is 0 Å². The summed E-state index contributed by atoms with van der Waals surface area (Å²) in [5.41, 5.74) is 4.85. The van der Waals surface area contributed by atoms with Crippen LogP contribution in [-0.2, 0) is 7.05 Å². The number of benzene rings is 1. The van der Waals surface area contributed by atoms with Gasteiger partial charge in [-0.15, -0.1) is 0 Å². The van der Waals surface area contributed by atoms with Crippen molar-refractivity contribution in [2.24, 2.45) is 13.0 Å². The van der Waals surface area contributed by atoms with Gasteiger partial charge in [-0.05, 0) is 49.9 Å². The average molecular weight is 431 g/mol. The van der Waals surface area contributed by atoms with Gasteiger partial charge < -0.3 is 18.9 Å². The highest BCUT2D eigenvalue weighted by atomic mass is 16.5. The Labute approximate surface area is 189 Å². The van der Waals surface area contributed by atoms with Crippen LogP contribution in [-0.4, -0.2) is 35.3 Å². The van der Waals surface area contributed by atoms with Crippen molar-refractivity contribution in [1.82, 2.24) is 14.5 Å². The number of rotatable bonds is 7. The number of ether oxygens (including phenoxy) is 2. The summed E-state index contributed by atoms with van der Waals surface area (Å²) in [4.78, 5) is 11.6. The zero-order valence-corrected chi connectivity index (χ0v) is 19.2. The second-order valence-electron chi connectivity index (χ2n) is 8.18. The van der Waals surface area contributed by atoms with E-state index in [1.807, 2.05) is 73.7 Å². The minimum absolute atomic E-state index is 0.684. The van der Waals surface area contributed by atoms with Crippen LogP contribution in [0.2, 0.25) is 0 Å². The van der Waals surface area contributed by atoms with E-state index < -0.39 is 0 Å². The summed E-state index contributed by atoms with van der Waals surface area (Å²) in [6, 6.07) is 14.2. The molecule has 0 radical (unpaired) electrons. The summed E-state index contributed by atoms with van der Waals surface area (Å²) in [6.07, 6.45) is 10.2. The van der Waals surface area contributed by atoms with E-state index in [-0.39, 0.29) is 0 Å². The Hall–Kier alpha value is -3.54. The van der Waals surface area contributed by atoms with Crippen LogP contribution in [0.3, 0.4) is 0 Å². The number of nitrogens with zero attached hydrogens (tertiary/aromatic N) is 4. The Bertz CT molecular complexity index is 1110. The summed E-state index contributed by atoms with van der Waals surface area (Å²) in [7, 11) is 5.36. The van der Waals surface area contributed by atoms with E-state index in [0.29, 0.717) is 5.92 Å². The molecule has 2 heterocycles. The smallest absolute Gasteiger partial charge is 0.124 e. The highest BCUT2D eigenvalue weighted by Crippen LogP contribution is 2.37. The minimum atomic E-state index is 0.684. The second kappa shape index (κ2) is 9.73. The summed E-state index contributed by atoms with van der Waals surface area (Å²) in [6.45, 7) is 2.93. The first-order valence-corrected chi connectivity index (χ1v) is 10.9. The minimum Gasteiger partial charge on any atom is -0.497 e. The van der Waals surface area contributed by atoms with Crippen molar-refractivity contribution in [2.45, 2.75) is 19.8 Å². The lowest BCUT2D eigenvalue weighted by atomic mass is 10.2. The van der Waals surface area contributed by atoms with Crippen molar-refractivity contribution in [2.75, 3.05) is 25.7 Å². The fourth-order valence-corrected chi connectivity index (χ4v) is 3.55. The summed E-state index contributed by atoms with van der Waals surface area (Å²) in [5.74, 6) is 2.22. The topological polar surface area (TPSA) is 52.4 Å². The normalized spacial score (nSPS) is 12.8. The fraction of sp³-hybridized carbons (Fsp3) is 0.308. The molecular formula is C26H30N4O2. The van der Waals surface area contributed by atoms with Gasteiger partial charge in [-0.25, -0.2) is 0 Å². The van der Waals surface area contributed by atoms with E-state index in [4.69, 9.17) is 14.5 Å². The molecule has 166 valence electrons. The molecule has 6 nitrogen and oxygen atoms in total. The number of methoxy groups -OCH3 is 2. The molecule has 4 rings (SSSR count). The van der Waals surface area contributed by atoms with Gasteiger partial charge in [0.1, 0.15) is 11.5 Å². The number of aromatic nitrogens is 3. The molecule has 6 heteroatoms. The molecular weight excluding hydrogens is 400 g/mol. The molecule has 0 unspecified atom stereocenters. The number of hydrogen-bond acceptors (Lipinski definition) is 5. The van der Waals surface area contributed by atoms with Crippen LogP contribution in [0, 0.1) is 12.8 Å². The van der Waals surface area contributed by atoms with Crippen molar-refractivity contribution in [1.29, 1.82) is 0 Å². The van der Waals surface area contributed by atoms with Gasteiger partial charge in [0.25, 0.3) is 0 Å². The molecule has 0 aliphatic heterocycles. The molecule has 0 spiro atoms.